The number of aliphatic hydroxyl groups excluding tert-OH is 5. The minimum absolute atomic E-state index is 0.0550. The molecule has 0 radical (unpaired) electrons. The summed E-state index contributed by atoms with van der Waals surface area (Å²) >= 11 is 0. The van der Waals surface area contributed by atoms with Crippen LogP contribution in [0.5, 0.6) is 0 Å². The van der Waals surface area contributed by atoms with Gasteiger partial charge in [-0.05, 0) is 37.7 Å². The Labute approximate surface area is 410 Å². The second-order valence-corrected chi connectivity index (χ2v) is 21.8. The number of cyclic esters (lactones) is 1. The van der Waals surface area contributed by atoms with Gasteiger partial charge in [0.15, 0.2) is 6.10 Å². The van der Waals surface area contributed by atoms with Crippen molar-refractivity contribution in [2.75, 3.05) is 25.6 Å². The molecule has 2 aliphatic rings. The van der Waals surface area contributed by atoms with Gasteiger partial charge in [0, 0.05) is 50.1 Å². The van der Waals surface area contributed by atoms with Crippen molar-refractivity contribution in [3.8, 4) is 0 Å². The first-order valence-corrected chi connectivity index (χ1v) is 27.7. The highest BCUT2D eigenvalue weighted by Gasteiger charge is 2.45. The molecule has 1 aromatic rings. The number of nitrogens with zero attached hydrogens (tertiary/aromatic N) is 2. The van der Waals surface area contributed by atoms with Crippen molar-refractivity contribution < 1.29 is 86.4 Å². The summed E-state index contributed by atoms with van der Waals surface area (Å²) in [7, 11) is -11.4. The maximum Gasteiger partial charge on any atom is 0.481 e. The molecule has 0 amide bonds. The summed E-state index contributed by atoms with van der Waals surface area (Å²) in [5, 5.41) is 57.3. The monoisotopic (exact) mass is 1040 g/mol. The number of hydrogen-bond acceptors (Lipinski definition) is 19. The zero-order chi connectivity index (χ0) is 51.9. The molecule has 0 saturated carbocycles. The van der Waals surface area contributed by atoms with E-state index in [4.69, 9.17) is 29.0 Å². The number of ketones is 1. The third kappa shape index (κ3) is 23.3. The Morgan fingerprint density at radius 2 is 1.51 bits per heavy atom. The number of phosphoric ester groups is 2. The number of phosphoric acid groups is 2. The Bertz CT molecular complexity index is 1920. The van der Waals surface area contributed by atoms with E-state index >= 15 is 0 Å². The Hall–Kier alpha value is -2.95. The van der Waals surface area contributed by atoms with Gasteiger partial charge < -0.3 is 55.3 Å². The van der Waals surface area contributed by atoms with E-state index in [9.17, 15) is 63.6 Å². The molecule has 70 heavy (non-hydrogen) atoms. The molecule has 2 fully saturated rings. The number of Topliss-reactive ketones (excluding diaryl/α,β-unsaturated/α-hetero) is 1. The van der Waals surface area contributed by atoms with Crippen LogP contribution in [0.15, 0.2) is 29.2 Å². The fraction of sp³-hybridized carbons (Fsp3) is 0.804. The average molecular weight is 1040 g/mol. The topological polar surface area (TPSA) is 343 Å². The number of fused-ring (bicyclic) bond motifs is 3. The predicted octanol–water partition coefficient (Wildman–Crippen LogP) is 5.08. The molecule has 0 aliphatic carbocycles. The predicted molar refractivity (Wildman–Crippen MR) is 254 cm³/mol. The maximum atomic E-state index is 13.7. The first-order chi connectivity index (χ1) is 33.1. The van der Waals surface area contributed by atoms with E-state index in [1.807, 2.05) is 6.92 Å². The summed E-state index contributed by atoms with van der Waals surface area (Å²) in [6.45, 7) is 3.53. The number of carbonyl (C=O) groups excluding carboxylic acids is 3. The highest BCUT2D eigenvalue weighted by molar-refractivity contribution is 7.61. The molecule has 2 bridgehead atoms. The van der Waals surface area contributed by atoms with Gasteiger partial charge in [-0.3, -0.25) is 28.0 Å². The number of carbonyl (C=O) groups is 3. The number of aromatic nitrogens is 2. The molecule has 22 nitrogen and oxygen atoms in total. The van der Waals surface area contributed by atoms with Crippen molar-refractivity contribution in [1.29, 1.82) is 0 Å². The van der Waals surface area contributed by atoms with Gasteiger partial charge in [0.05, 0.1) is 37.6 Å². The lowest BCUT2D eigenvalue weighted by atomic mass is 9.82. The molecule has 402 valence electrons. The van der Waals surface area contributed by atoms with Crippen LogP contribution in [0.25, 0.3) is 0 Å². The van der Waals surface area contributed by atoms with Gasteiger partial charge in [-0.15, -0.1) is 0 Å². The number of anilines is 1. The fourth-order valence-corrected chi connectivity index (χ4v) is 10.4. The quantitative estimate of drug-likeness (QED) is 0.0365. The summed E-state index contributed by atoms with van der Waals surface area (Å²) in [4.78, 5) is 77.6. The standard InChI is InChI=1S/C46H79N3O19P2/c1-4-5-12-18-32(50)22-23-35-37(52)27-38(53)36-26-33(51)19-15-16-21-42(55)66-34(28-63-41(54)20-14-11-9-7-6-8-10-13-17-31(2)3)29-64-69(59,60)68-70(61,62)65-30-39(44(57)43(35)56)67-45(36)49-25-24-40(47)48-46(49)58/h22-25,31-32,34-39,43-45,50,52-53,56-57H,4-21,26-30H2,1-3H3,(H,59,60)(H,61,62)(H2,47,48,58)/b23-22-/t32-,34+,35-,36-,37+,38-,39+,43-,44+,45+/m0/s1. The van der Waals surface area contributed by atoms with Gasteiger partial charge in [0.25, 0.3) is 0 Å². The van der Waals surface area contributed by atoms with Crippen LogP contribution in [0.1, 0.15) is 155 Å². The van der Waals surface area contributed by atoms with E-state index in [2.05, 4.69) is 23.1 Å². The Morgan fingerprint density at radius 3 is 2.17 bits per heavy atom. The zero-order valence-electron chi connectivity index (χ0n) is 40.8. The molecular formula is C46H79N3O19P2. The molecule has 2 unspecified atom stereocenters. The van der Waals surface area contributed by atoms with Gasteiger partial charge in [-0.1, -0.05) is 104 Å². The lowest BCUT2D eigenvalue weighted by Gasteiger charge is -2.40. The summed E-state index contributed by atoms with van der Waals surface area (Å²) in [6.07, 6.45) is 0.0971. The van der Waals surface area contributed by atoms with Crippen molar-refractivity contribution >= 4 is 39.2 Å². The third-order valence-corrected chi connectivity index (χ3v) is 14.8. The second-order valence-electron chi connectivity index (χ2n) is 18.8. The lowest BCUT2D eigenvalue weighted by Crippen LogP contribution is -2.52. The minimum Gasteiger partial charge on any atom is -0.462 e. The number of esters is 2. The van der Waals surface area contributed by atoms with Crippen LogP contribution in [0.4, 0.5) is 5.82 Å². The summed E-state index contributed by atoms with van der Waals surface area (Å²) in [5.74, 6) is -4.47. The number of nitrogens with two attached hydrogens (primary N) is 1. The van der Waals surface area contributed by atoms with Crippen LogP contribution >= 0.6 is 15.6 Å². The van der Waals surface area contributed by atoms with E-state index in [1.54, 1.807) is 0 Å². The van der Waals surface area contributed by atoms with Crippen molar-refractivity contribution in [2.45, 2.75) is 198 Å². The average Bonchev–Trinajstić information content (AvgIpc) is 3.27. The molecule has 24 heteroatoms. The number of aliphatic hydroxyl groups is 5. The molecule has 0 aromatic carbocycles. The van der Waals surface area contributed by atoms with Crippen LogP contribution in [-0.2, 0) is 51.1 Å². The highest BCUT2D eigenvalue weighted by atomic mass is 31.3. The van der Waals surface area contributed by atoms with Crippen molar-refractivity contribution in [3.05, 3.63) is 34.9 Å². The van der Waals surface area contributed by atoms with Crippen molar-refractivity contribution in [1.82, 2.24) is 9.55 Å². The van der Waals surface area contributed by atoms with Crippen LogP contribution in [0, 0.1) is 17.8 Å². The minimum atomic E-state index is -5.75. The third-order valence-electron chi connectivity index (χ3n) is 12.2. The van der Waals surface area contributed by atoms with Crippen molar-refractivity contribution in [3.63, 3.8) is 0 Å². The Morgan fingerprint density at radius 1 is 0.886 bits per heavy atom. The SMILES string of the molecule is CCCCC[C@H](O)/C=C\[C@@H]1[C@H](O)[C@H](O)[C@H]2COP(=O)(O)OP(=O)(O)OC[C@@H](COC(=O)CCCCCCCCCCC(C)C)OC(=O)CCCCC(=O)C[C@H]([C@H](n3ccc(N)nc3=O)O2)[C@@H](O)C[C@H]1O. The first-order valence-electron chi connectivity index (χ1n) is 24.7. The summed E-state index contributed by atoms with van der Waals surface area (Å²) in [5.41, 5.74) is 4.66. The smallest absolute Gasteiger partial charge is 0.462 e. The van der Waals surface area contributed by atoms with Gasteiger partial charge in [-0.25, -0.2) is 13.9 Å². The van der Waals surface area contributed by atoms with Crippen LogP contribution in [0.2, 0.25) is 0 Å². The fourth-order valence-electron chi connectivity index (χ4n) is 8.25. The van der Waals surface area contributed by atoms with E-state index in [-0.39, 0.29) is 37.9 Å². The second kappa shape index (κ2) is 31.6. The van der Waals surface area contributed by atoms with E-state index < -0.39 is 133 Å². The van der Waals surface area contributed by atoms with Crippen molar-refractivity contribution in [2.24, 2.45) is 17.8 Å². The number of nitrogen functional groups attached to an aromatic ring is 1. The van der Waals surface area contributed by atoms with Gasteiger partial charge in [-0.2, -0.15) is 9.29 Å². The normalized spacial score (nSPS) is 31.0. The molecule has 3 rings (SSSR count). The molecule has 1 aromatic heterocycles. The number of unbranched alkanes of at least 4 members (excludes halogenated alkanes) is 9. The van der Waals surface area contributed by atoms with E-state index in [0.29, 0.717) is 25.2 Å². The molecule has 2 aliphatic heterocycles. The molecule has 2 saturated heterocycles. The number of ether oxygens (including phenoxy) is 3. The Kier molecular flexibility index (Phi) is 27.7. The number of rotatable bonds is 20. The van der Waals surface area contributed by atoms with Gasteiger partial charge in [0.1, 0.15) is 36.6 Å². The van der Waals surface area contributed by atoms with Crippen LogP contribution < -0.4 is 11.4 Å². The van der Waals surface area contributed by atoms with Gasteiger partial charge in [0.2, 0.25) is 0 Å². The van der Waals surface area contributed by atoms with E-state index in [1.165, 1.54) is 37.5 Å². The molecular weight excluding hydrogens is 960 g/mol. The zero-order valence-corrected chi connectivity index (χ0v) is 42.6. The van der Waals surface area contributed by atoms with Crippen LogP contribution in [-0.4, -0.2) is 125 Å². The Balaban J connectivity index is 1.88. The molecule has 9 N–H and O–H groups in total. The number of hydrogen-bond donors (Lipinski definition) is 8. The molecule has 3 heterocycles. The summed E-state index contributed by atoms with van der Waals surface area (Å²) < 4.78 is 58.5. The lowest BCUT2D eigenvalue weighted by molar-refractivity contribution is -0.196. The molecule has 12 atom stereocenters. The maximum absolute atomic E-state index is 13.7. The van der Waals surface area contributed by atoms with E-state index in [0.717, 1.165) is 55.7 Å². The highest BCUT2D eigenvalue weighted by Crippen LogP contribution is 2.60. The molecule has 0 spiro atoms. The summed E-state index contributed by atoms with van der Waals surface area (Å²) in [6, 6.07) is 1.18. The van der Waals surface area contributed by atoms with Gasteiger partial charge >= 0.3 is 33.3 Å². The largest absolute Gasteiger partial charge is 0.481 e. The first kappa shape index (κ1) is 61.4. The van der Waals surface area contributed by atoms with Crippen LogP contribution in [0.3, 0.4) is 0 Å².